The van der Waals surface area contributed by atoms with Crippen LogP contribution in [0.15, 0.2) is 54.9 Å². The van der Waals surface area contributed by atoms with Crippen molar-refractivity contribution in [1.82, 2.24) is 9.55 Å². The van der Waals surface area contributed by atoms with Gasteiger partial charge in [-0.15, -0.1) is 0 Å². The van der Waals surface area contributed by atoms with E-state index < -0.39 is 0 Å². The molecule has 4 heteroatoms. The summed E-state index contributed by atoms with van der Waals surface area (Å²) in [4.78, 5) is 4.33. The molecule has 0 saturated carbocycles. The molecule has 0 aliphatic heterocycles. The number of nitrogens with two attached hydrogens (primary N) is 1. The Morgan fingerprint density at radius 3 is 2.63 bits per heavy atom. The van der Waals surface area contributed by atoms with E-state index in [1.54, 1.807) is 18.5 Å². The molecule has 96 valence electrons. The molecule has 19 heavy (non-hydrogen) atoms. The van der Waals surface area contributed by atoms with Crippen LogP contribution in [0.3, 0.4) is 0 Å². The van der Waals surface area contributed by atoms with Crippen LogP contribution in [0.25, 0.3) is 11.0 Å². The van der Waals surface area contributed by atoms with Crippen LogP contribution >= 0.6 is 0 Å². The first kappa shape index (κ1) is 11.9. The van der Waals surface area contributed by atoms with Gasteiger partial charge in [0, 0.05) is 12.6 Å². The van der Waals surface area contributed by atoms with Crippen LogP contribution in [0.5, 0.6) is 0 Å². The van der Waals surface area contributed by atoms with Crippen LogP contribution in [0.2, 0.25) is 0 Å². The second kappa shape index (κ2) is 4.82. The third kappa shape index (κ3) is 2.35. The zero-order chi connectivity index (χ0) is 13.2. The van der Waals surface area contributed by atoms with E-state index in [1.165, 1.54) is 12.1 Å². The molecule has 0 fully saturated rings. The van der Waals surface area contributed by atoms with Crippen molar-refractivity contribution in [3.63, 3.8) is 0 Å². The van der Waals surface area contributed by atoms with Crippen LogP contribution < -0.4 is 5.73 Å². The standard InChI is InChI=1S/C15H14FN3/c16-12-7-5-11(6-8-12)13(17)9-19-10-18-14-3-1-2-4-15(14)19/h1-8,10,13H,9,17H2/t13-/m1/s1. The quantitative estimate of drug-likeness (QED) is 0.782. The van der Waals surface area contributed by atoms with Gasteiger partial charge in [0.1, 0.15) is 5.82 Å². The molecule has 0 radical (unpaired) electrons. The van der Waals surface area contributed by atoms with Crippen LogP contribution in [-0.4, -0.2) is 9.55 Å². The molecule has 1 aromatic heterocycles. The monoisotopic (exact) mass is 255 g/mol. The van der Waals surface area contributed by atoms with Crippen molar-refractivity contribution in [3.05, 3.63) is 66.2 Å². The molecule has 0 aliphatic carbocycles. The molecule has 0 aliphatic rings. The maximum absolute atomic E-state index is 12.9. The number of hydrogen-bond donors (Lipinski definition) is 1. The molecule has 0 unspecified atom stereocenters. The summed E-state index contributed by atoms with van der Waals surface area (Å²) in [5.74, 6) is -0.246. The minimum absolute atomic E-state index is 0.182. The molecule has 2 aromatic carbocycles. The van der Waals surface area contributed by atoms with Gasteiger partial charge in [-0.2, -0.15) is 0 Å². The molecule has 3 rings (SSSR count). The lowest BCUT2D eigenvalue weighted by Gasteiger charge is -2.13. The summed E-state index contributed by atoms with van der Waals surface area (Å²) in [7, 11) is 0. The Balaban J connectivity index is 1.86. The smallest absolute Gasteiger partial charge is 0.123 e. The Morgan fingerprint density at radius 1 is 1.11 bits per heavy atom. The first-order valence-electron chi connectivity index (χ1n) is 6.15. The molecule has 2 N–H and O–H groups in total. The van der Waals surface area contributed by atoms with Crippen molar-refractivity contribution in [2.75, 3.05) is 0 Å². The highest BCUT2D eigenvalue weighted by molar-refractivity contribution is 5.74. The van der Waals surface area contributed by atoms with Gasteiger partial charge in [-0.1, -0.05) is 24.3 Å². The average Bonchev–Trinajstić information content (AvgIpc) is 2.83. The van der Waals surface area contributed by atoms with E-state index in [9.17, 15) is 4.39 Å². The lowest BCUT2D eigenvalue weighted by atomic mass is 10.1. The van der Waals surface area contributed by atoms with Crippen molar-refractivity contribution >= 4 is 11.0 Å². The second-order valence-electron chi connectivity index (χ2n) is 4.54. The van der Waals surface area contributed by atoms with Gasteiger partial charge >= 0.3 is 0 Å². The summed E-state index contributed by atoms with van der Waals surface area (Å²) in [6, 6.07) is 14.0. The zero-order valence-electron chi connectivity index (χ0n) is 10.3. The highest BCUT2D eigenvalue weighted by atomic mass is 19.1. The van der Waals surface area contributed by atoms with Gasteiger partial charge in [0.25, 0.3) is 0 Å². The molecule has 0 spiro atoms. The van der Waals surface area contributed by atoms with E-state index in [0.29, 0.717) is 6.54 Å². The molecular formula is C15H14FN3. The van der Waals surface area contributed by atoms with E-state index in [4.69, 9.17) is 5.73 Å². The lowest BCUT2D eigenvalue weighted by molar-refractivity contribution is 0.584. The highest BCUT2D eigenvalue weighted by Gasteiger charge is 2.09. The van der Waals surface area contributed by atoms with E-state index in [0.717, 1.165) is 16.6 Å². The number of aromatic nitrogens is 2. The average molecular weight is 255 g/mol. The number of imidazole rings is 1. The summed E-state index contributed by atoms with van der Waals surface area (Å²) in [5, 5.41) is 0. The van der Waals surface area contributed by atoms with E-state index in [2.05, 4.69) is 4.98 Å². The largest absolute Gasteiger partial charge is 0.329 e. The Hall–Kier alpha value is -2.20. The van der Waals surface area contributed by atoms with E-state index in [1.807, 2.05) is 28.8 Å². The fourth-order valence-corrected chi connectivity index (χ4v) is 2.18. The number of halogens is 1. The molecule has 0 amide bonds. The van der Waals surface area contributed by atoms with Gasteiger partial charge in [-0.25, -0.2) is 9.37 Å². The Labute approximate surface area is 110 Å². The summed E-state index contributed by atoms with van der Waals surface area (Å²) < 4.78 is 14.9. The lowest BCUT2D eigenvalue weighted by Crippen LogP contribution is -2.17. The van der Waals surface area contributed by atoms with Crippen LogP contribution in [0.4, 0.5) is 4.39 Å². The topological polar surface area (TPSA) is 43.8 Å². The first-order valence-corrected chi connectivity index (χ1v) is 6.15. The molecule has 1 heterocycles. The number of para-hydroxylation sites is 2. The number of hydrogen-bond acceptors (Lipinski definition) is 2. The maximum Gasteiger partial charge on any atom is 0.123 e. The van der Waals surface area contributed by atoms with Gasteiger partial charge in [-0.3, -0.25) is 0 Å². The van der Waals surface area contributed by atoms with Crippen molar-refractivity contribution in [2.45, 2.75) is 12.6 Å². The van der Waals surface area contributed by atoms with Crippen molar-refractivity contribution in [2.24, 2.45) is 5.73 Å². The van der Waals surface area contributed by atoms with E-state index >= 15 is 0 Å². The zero-order valence-corrected chi connectivity index (χ0v) is 10.3. The molecule has 1 atom stereocenters. The minimum atomic E-state index is -0.246. The molecule has 0 bridgehead atoms. The fourth-order valence-electron chi connectivity index (χ4n) is 2.18. The van der Waals surface area contributed by atoms with Crippen molar-refractivity contribution in [1.29, 1.82) is 0 Å². The van der Waals surface area contributed by atoms with Gasteiger partial charge in [0.2, 0.25) is 0 Å². The summed E-state index contributed by atoms with van der Waals surface area (Å²) in [5.41, 5.74) is 9.08. The SMILES string of the molecule is N[C@H](Cn1cnc2ccccc21)c1ccc(F)cc1. The molecule has 3 aromatic rings. The minimum Gasteiger partial charge on any atom is -0.329 e. The third-order valence-corrected chi connectivity index (χ3v) is 3.22. The predicted molar refractivity (Wildman–Crippen MR) is 73.1 cm³/mol. The summed E-state index contributed by atoms with van der Waals surface area (Å²) in [6.07, 6.45) is 1.79. The molecule has 0 saturated heterocycles. The van der Waals surface area contributed by atoms with E-state index in [-0.39, 0.29) is 11.9 Å². The maximum atomic E-state index is 12.9. The van der Waals surface area contributed by atoms with Gasteiger partial charge in [0.05, 0.1) is 17.4 Å². The number of fused-ring (bicyclic) bond motifs is 1. The number of nitrogens with zero attached hydrogens (tertiary/aromatic N) is 2. The summed E-state index contributed by atoms with van der Waals surface area (Å²) in [6.45, 7) is 0.617. The van der Waals surface area contributed by atoms with Crippen LogP contribution in [-0.2, 0) is 6.54 Å². The van der Waals surface area contributed by atoms with Gasteiger partial charge in [0.15, 0.2) is 0 Å². The molecule has 3 nitrogen and oxygen atoms in total. The molecular weight excluding hydrogens is 241 g/mol. The third-order valence-electron chi connectivity index (χ3n) is 3.22. The van der Waals surface area contributed by atoms with Crippen molar-refractivity contribution in [3.8, 4) is 0 Å². The second-order valence-corrected chi connectivity index (χ2v) is 4.54. The fraction of sp³-hybridized carbons (Fsp3) is 0.133. The van der Waals surface area contributed by atoms with Crippen molar-refractivity contribution < 1.29 is 4.39 Å². The van der Waals surface area contributed by atoms with Crippen LogP contribution in [0, 0.1) is 5.82 Å². The Morgan fingerprint density at radius 2 is 1.84 bits per heavy atom. The Kier molecular flexibility index (Phi) is 3.01. The van der Waals surface area contributed by atoms with Gasteiger partial charge < -0.3 is 10.3 Å². The first-order chi connectivity index (χ1) is 9.24. The van der Waals surface area contributed by atoms with Gasteiger partial charge in [-0.05, 0) is 29.8 Å². The predicted octanol–water partition coefficient (Wildman–Crippen LogP) is 2.88. The van der Waals surface area contributed by atoms with Crippen LogP contribution in [0.1, 0.15) is 11.6 Å². The number of benzene rings is 2. The normalized spacial score (nSPS) is 12.7. The highest BCUT2D eigenvalue weighted by Crippen LogP contribution is 2.17. The Bertz CT molecular complexity index is 688. The number of rotatable bonds is 3. The summed E-state index contributed by atoms with van der Waals surface area (Å²) >= 11 is 0.